The molecule has 4 nitrogen and oxygen atoms in total. The van der Waals surface area contributed by atoms with Crippen molar-refractivity contribution in [2.24, 2.45) is 0 Å². The smallest absolute Gasteiger partial charge is 0.258 e. The highest BCUT2D eigenvalue weighted by atomic mass is 33.1. The SMILES string of the molecule is CCCCCCCCCCCCSSc1ccc([N+](=O)[O-])cn1. The van der Waals surface area contributed by atoms with Crippen LogP contribution in [0.1, 0.15) is 71.1 Å². The van der Waals surface area contributed by atoms with Crippen molar-refractivity contribution < 1.29 is 4.92 Å². The molecule has 0 atom stereocenters. The third-order valence-corrected chi connectivity index (χ3v) is 6.01. The number of unbranched alkanes of at least 4 members (excludes halogenated alkanes) is 9. The molecule has 0 aliphatic carbocycles. The lowest BCUT2D eigenvalue weighted by molar-refractivity contribution is -0.385. The zero-order valence-electron chi connectivity index (χ0n) is 14.0. The van der Waals surface area contributed by atoms with Gasteiger partial charge in [0.1, 0.15) is 11.2 Å². The van der Waals surface area contributed by atoms with Crippen LogP contribution in [-0.4, -0.2) is 15.7 Å². The number of aromatic nitrogens is 1. The molecule has 0 aliphatic heterocycles. The van der Waals surface area contributed by atoms with Crippen LogP contribution in [0.25, 0.3) is 0 Å². The van der Waals surface area contributed by atoms with E-state index in [4.69, 9.17) is 0 Å². The molecule has 6 heteroatoms. The van der Waals surface area contributed by atoms with Gasteiger partial charge in [-0.2, -0.15) is 0 Å². The molecule has 23 heavy (non-hydrogen) atoms. The highest BCUT2D eigenvalue weighted by Crippen LogP contribution is 2.30. The molecule has 0 fully saturated rings. The second-order valence-corrected chi connectivity index (χ2v) is 8.14. The minimum Gasteiger partial charge on any atom is -0.258 e. The van der Waals surface area contributed by atoms with Gasteiger partial charge in [0.05, 0.1) is 4.92 Å². The summed E-state index contributed by atoms with van der Waals surface area (Å²) >= 11 is 0. The number of pyridine rings is 1. The van der Waals surface area contributed by atoms with Gasteiger partial charge < -0.3 is 0 Å². The fraction of sp³-hybridized carbons (Fsp3) is 0.706. The van der Waals surface area contributed by atoms with Crippen molar-refractivity contribution in [2.45, 2.75) is 76.2 Å². The van der Waals surface area contributed by atoms with Gasteiger partial charge in [0, 0.05) is 11.8 Å². The summed E-state index contributed by atoms with van der Waals surface area (Å²) < 4.78 is 0. The monoisotopic (exact) mass is 356 g/mol. The molecule has 1 aromatic rings. The van der Waals surface area contributed by atoms with Crippen molar-refractivity contribution in [2.75, 3.05) is 5.75 Å². The first-order valence-electron chi connectivity index (χ1n) is 8.64. The van der Waals surface area contributed by atoms with Crippen molar-refractivity contribution in [3.8, 4) is 0 Å². The summed E-state index contributed by atoms with van der Waals surface area (Å²) in [6.45, 7) is 2.26. The van der Waals surface area contributed by atoms with Crippen LogP contribution < -0.4 is 0 Å². The summed E-state index contributed by atoms with van der Waals surface area (Å²) in [5.74, 6) is 1.11. The van der Waals surface area contributed by atoms with E-state index in [1.807, 2.05) is 0 Å². The quantitative estimate of drug-likeness (QED) is 0.162. The van der Waals surface area contributed by atoms with Crippen LogP contribution in [-0.2, 0) is 0 Å². The molecule has 0 spiro atoms. The predicted molar refractivity (Wildman–Crippen MR) is 101 cm³/mol. The number of hydrogen-bond donors (Lipinski definition) is 0. The van der Waals surface area contributed by atoms with Gasteiger partial charge in [-0.05, 0) is 23.3 Å². The van der Waals surface area contributed by atoms with E-state index in [9.17, 15) is 10.1 Å². The highest BCUT2D eigenvalue weighted by molar-refractivity contribution is 8.76. The van der Waals surface area contributed by atoms with E-state index in [0.29, 0.717) is 0 Å². The van der Waals surface area contributed by atoms with Crippen LogP contribution in [0.2, 0.25) is 0 Å². The average Bonchev–Trinajstić information content (AvgIpc) is 2.56. The summed E-state index contributed by atoms with van der Waals surface area (Å²) in [5.41, 5.74) is 0.0500. The Labute approximate surface area is 147 Å². The largest absolute Gasteiger partial charge is 0.287 e. The van der Waals surface area contributed by atoms with Crippen molar-refractivity contribution in [3.05, 3.63) is 28.4 Å². The predicted octanol–water partition coefficient (Wildman–Crippen LogP) is 6.65. The van der Waals surface area contributed by atoms with Gasteiger partial charge in [-0.1, -0.05) is 75.5 Å². The molecule has 0 radical (unpaired) electrons. The van der Waals surface area contributed by atoms with E-state index in [1.54, 1.807) is 27.7 Å². The first kappa shape index (κ1) is 20.3. The normalized spacial score (nSPS) is 10.8. The molecule has 1 aromatic heterocycles. The summed E-state index contributed by atoms with van der Waals surface area (Å²) in [4.78, 5) is 14.2. The van der Waals surface area contributed by atoms with E-state index < -0.39 is 4.92 Å². The van der Waals surface area contributed by atoms with Gasteiger partial charge in [0.15, 0.2) is 0 Å². The van der Waals surface area contributed by atoms with Crippen LogP contribution in [0.5, 0.6) is 0 Å². The second kappa shape index (κ2) is 13.7. The molecule has 130 valence electrons. The maximum absolute atomic E-state index is 10.5. The van der Waals surface area contributed by atoms with Gasteiger partial charge in [-0.25, -0.2) is 4.98 Å². The Kier molecular flexibility index (Phi) is 12.1. The van der Waals surface area contributed by atoms with Gasteiger partial charge >= 0.3 is 0 Å². The lowest BCUT2D eigenvalue weighted by Gasteiger charge is -2.02. The fourth-order valence-electron chi connectivity index (χ4n) is 2.28. The molecule has 1 heterocycles. The van der Waals surface area contributed by atoms with Crippen molar-refractivity contribution in [3.63, 3.8) is 0 Å². The second-order valence-electron chi connectivity index (χ2n) is 5.70. The third-order valence-electron chi connectivity index (χ3n) is 3.66. The van der Waals surface area contributed by atoms with Gasteiger partial charge in [0.2, 0.25) is 0 Å². The van der Waals surface area contributed by atoms with E-state index in [2.05, 4.69) is 11.9 Å². The summed E-state index contributed by atoms with van der Waals surface area (Å²) in [7, 11) is 3.39. The number of hydrogen-bond acceptors (Lipinski definition) is 5. The molecule has 0 aliphatic rings. The highest BCUT2D eigenvalue weighted by Gasteiger charge is 2.05. The van der Waals surface area contributed by atoms with E-state index in [1.165, 1.54) is 76.5 Å². The van der Waals surface area contributed by atoms with Gasteiger partial charge in [-0.3, -0.25) is 10.1 Å². The number of rotatable bonds is 14. The minimum absolute atomic E-state index is 0.0500. The average molecular weight is 357 g/mol. The molecular weight excluding hydrogens is 328 g/mol. The zero-order valence-corrected chi connectivity index (χ0v) is 15.7. The molecule has 0 amide bonds. The molecule has 0 aromatic carbocycles. The Balaban J connectivity index is 1.90. The van der Waals surface area contributed by atoms with E-state index >= 15 is 0 Å². The lowest BCUT2D eigenvalue weighted by atomic mass is 10.1. The molecule has 1 rings (SSSR count). The molecule has 0 unspecified atom stereocenters. The molecule has 0 N–H and O–H groups in total. The Morgan fingerprint density at radius 1 is 1.00 bits per heavy atom. The Morgan fingerprint density at radius 2 is 1.61 bits per heavy atom. The van der Waals surface area contributed by atoms with E-state index in [0.717, 1.165) is 10.8 Å². The van der Waals surface area contributed by atoms with Gasteiger partial charge in [0.25, 0.3) is 5.69 Å². The Hall–Kier alpha value is -0.750. The molecule has 0 saturated heterocycles. The van der Waals surface area contributed by atoms with Gasteiger partial charge in [-0.15, -0.1) is 0 Å². The van der Waals surface area contributed by atoms with Crippen LogP contribution >= 0.6 is 21.6 Å². The zero-order chi connectivity index (χ0) is 16.8. The van der Waals surface area contributed by atoms with Crippen molar-refractivity contribution in [1.82, 2.24) is 4.98 Å². The van der Waals surface area contributed by atoms with E-state index in [-0.39, 0.29) is 5.69 Å². The first-order chi connectivity index (χ1) is 11.2. The third kappa shape index (κ3) is 10.6. The Morgan fingerprint density at radius 3 is 2.13 bits per heavy atom. The maximum atomic E-state index is 10.5. The van der Waals surface area contributed by atoms with Crippen LogP contribution in [0.4, 0.5) is 5.69 Å². The number of nitro groups is 1. The first-order valence-corrected chi connectivity index (χ1v) is 11.0. The van der Waals surface area contributed by atoms with Crippen LogP contribution in [0.3, 0.4) is 0 Å². The maximum Gasteiger partial charge on any atom is 0.287 e. The summed E-state index contributed by atoms with van der Waals surface area (Å²) in [6.07, 6.45) is 14.9. The van der Waals surface area contributed by atoms with Crippen molar-refractivity contribution in [1.29, 1.82) is 0 Å². The fourth-order valence-corrected chi connectivity index (χ4v) is 4.29. The topological polar surface area (TPSA) is 56.0 Å². The molecule has 0 bridgehead atoms. The summed E-state index contributed by atoms with van der Waals surface area (Å²) in [5, 5.41) is 11.4. The molecular formula is C17H28N2O2S2. The summed E-state index contributed by atoms with van der Waals surface area (Å²) in [6, 6.07) is 3.23. The minimum atomic E-state index is -0.418. The number of nitrogens with zero attached hydrogens (tertiary/aromatic N) is 2. The van der Waals surface area contributed by atoms with Crippen molar-refractivity contribution >= 4 is 27.3 Å². The standard InChI is InChI=1S/C17H28N2O2S2/c1-2-3-4-5-6-7-8-9-10-11-14-22-23-17-13-12-16(15-18-17)19(20)21/h12-13,15H,2-11,14H2,1H3. The van der Waals surface area contributed by atoms with Crippen LogP contribution in [0, 0.1) is 10.1 Å². The lowest BCUT2D eigenvalue weighted by Crippen LogP contribution is -1.88. The molecule has 0 saturated carbocycles. The Bertz CT molecular complexity index is 427. The van der Waals surface area contributed by atoms with Crippen LogP contribution in [0.15, 0.2) is 23.4 Å².